The van der Waals surface area contributed by atoms with Gasteiger partial charge in [-0.1, -0.05) is 0 Å². The maximum atomic E-state index is 12.7. The molecule has 0 saturated carbocycles. The lowest BCUT2D eigenvalue weighted by molar-refractivity contribution is -0.141. The minimum Gasteiger partial charge on any atom is -0.481 e. The van der Waals surface area contributed by atoms with Crippen LogP contribution in [0.15, 0.2) is 12.3 Å². The largest absolute Gasteiger partial charge is 0.481 e. The van der Waals surface area contributed by atoms with Crippen molar-refractivity contribution in [3.8, 4) is 5.88 Å². The van der Waals surface area contributed by atoms with Crippen molar-refractivity contribution in [2.45, 2.75) is 31.7 Å². The van der Waals surface area contributed by atoms with Gasteiger partial charge in [-0.3, -0.25) is 4.79 Å². The van der Waals surface area contributed by atoms with E-state index >= 15 is 0 Å². The second kappa shape index (κ2) is 9.05. The first-order valence-electron chi connectivity index (χ1n) is 10.5. The molecule has 4 heterocycles. The number of amides is 1. The van der Waals surface area contributed by atoms with Gasteiger partial charge in [0, 0.05) is 50.4 Å². The van der Waals surface area contributed by atoms with E-state index < -0.39 is 0 Å². The summed E-state index contributed by atoms with van der Waals surface area (Å²) in [6.07, 6.45) is 5.94. The molecule has 8 nitrogen and oxygen atoms in total. The lowest BCUT2D eigenvalue weighted by atomic mass is 9.92. The molecule has 0 aliphatic carbocycles. The van der Waals surface area contributed by atoms with Crippen molar-refractivity contribution in [1.82, 2.24) is 19.8 Å². The van der Waals surface area contributed by atoms with Gasteiger partial charge in [0.2, 0.25) is 17.7 Å². The van der Waals surface area contributed by atoms with Crippen LogP contribution in [0.2, 0.25) is 0 Å². The molecule has 0 atom stereocenters. The fraction of sp³-hybridized carbons (Fsp3) is 0.750. The summed E-state index contributed by atoms with van der Waals surface area (Å²) in [5, 5.41) is 0. The summed E-state index contributed by atoms with van der Waals surface area (Å²) in [6, 6.07) is 2.37. The van der Waals surface area contributed by atoms with Gasteiger partial charge in [0.1, 0.15) is 0 Å². The van der Waals surface area contributed by atoms with E-state index in [1.54, 1.807) is 19.4 Å². The summed E-state index contributed by atoms with van der Waals surface area (Å²) in [6.45, 7) is 6.85. The fourth-order valence-corrected chi connectivity index (χ4v) is 4.58. The zero-order valence-corrected chi connectivity index (χ0v) is 16.8. The molecule has 0 aromatic carbocycles. The first kappa shape index (κ1) is 19.4. The van der Waals surface area contributed by atoms with Crippen LogP contribution in [0.1, 0.15) is 25.7 Å². The fourth-order valence-electron chi connectivity index (χ4n) is 4.58. The van der Waals surface area contributed by atoms with E-state index in [4.69, 9.17) is 9.47 Å². The molecule has 28 heavy (non-hydrogen) atoms. The first-order chi connectivity index (χ1) is 13.7. The first-order valence-corrected chi connectivity index (χ1v) is 10.5. The number of ether oxygens (including phenoxy) is 2. The van der Waals surface area contributed by atoms with Gasteiger partial charge >= 0.3 is 0 Å². The predicted molar refractivity (Wildman–Crippen MR) is 106 cm³/mol. The van der Waals surface area contributed by atoms with Gasteiger partial charge in [0.25, 0.3) is 0 Å². The standard InChI is InChI=1S/C20H31N5O3/c1-27-18-2-7-21-20(22-18)25-10-5-17(6-11-25)23-8-3-16(4-9-23)19(26)24-12-14-28-15-13-24/h2,7,16-17H,3-6,8-15H2,1H3. The molecule has 4 rings (SSSR count). The van der Waals surface area contributed by atoms with Crippen LogP contribution >= 0.6 is 0 Å². The summed E-state index contributed by atoms with van der Waals surface area (Å²) in [5.41, 5.74) is 0. The average Bonchev–Trinajstić information content (AvgIpc) is 2.79. The molecule has 0 bridgehead atoms. The summed E-state index contributed by atoms with van der Waals surface area (Å²) < 4.78 is 10.6. The Hall–Kier alpha value is -1.93. The number of likely N-dealkylation sites (tertiary alicyclic amines) is 1. The number of carbonyl (C=O) groups is 1. The van der Waals surface area contributed by atoms with E-state index in [0.29, 0.717) is 31.0 Å². The van der Waals surface area contributed by atoms with Gasteiger partial charge in [0.15, 0.2) is 0 Å². The van der Waals surface area contributed by atoms with E-state index in [2.05, 4.69) is 19.8 Å². The highest BCUT2D eigenvalue weighted by molar-refractivity contribution is 5.79. The Morgan fingerprint density at radius 2 is 1.79 bits per heavy atom. The van der Waals surface area contributed by atoms with Crippen molar-refractivity contribution >= 4 is 11.9 Å². The lowest BCUT2D eigenvalue weighted by Crippen LogP contribution is -2.51. The number of aromatic nitrogens is 2. The van der Waals surface area contributed by atoms with Crippen LogP contribution in [0.3, 0.4) is 0 Å². The van der Waals surface area contributed by atoms with Crippen molar-refractivity contribution in [2.24, 2.45) is 5.92 Å². The molecule has 1 aromatic rings. The van der Waals surface area contributed by atoms with E-state index in [1.807, 2.05) is 4.90 Å². The summed E-state index contributed by atoms with van der Waals surface area (Å²) in [4.78, 5) is 28.4. The Bertz CT molecular complexity index is 651. The molecule has 0 spiro atoms. The maximum absolute atomic E-state index is 12.7. The minimum absolute atomic E-state index is 0.194. The van der Waals surface area contributed by atoms with Crippen LogP contribution in [-0.4, -0.2) is 91.3 Å². The number of rotatable bonds is 4. The summed E-state index contributed by atoms with van der Waals surface area (Å²) in [7, 11) is 1.63. The SMILES string of the molecule is COc1ccnc(N2CCC(N3CCC(C(=O)N4CCOCC4)CC3)CC2)n1. The van der Waals surface area contributed by atoms with E-state index in [1.165, 1.54) is 0 Å². The Morgan fingerprint density at radius 3 is 2.46 bits per heavy atom. The smallest absolute Gasteiger partial charge is 0.228 e. The molecular weight excluding hydrogens is 358 g/mol. The lowest BCUT2D eigenvalue weighted by Gasteiger charge is -2.42. The Balaban J connectivity index is 1.24. The molecule has 0 unspecified atom stereocenters. The van der Waals surface area contributed by atoms with Gasteiger partial charge in [-0.2, -0.15) is 4.98 Å². The molecule has 1 aromatic heterocycles. The molecular formula is C20H31N5O3. The van der Waals surface area contributed by atoms with Crippen LogP contribution in [0.4, 0.5) is 5.95 Å². The zero-order chi connectivity index (χ0) is 19.3. The Kier molecular flexibility index (Phi) is 6.26. The second-order valence-electron chi connectivity index (χ2n) is 7.87. The van der Waals surface area contributed by atoms with Crippen LogP contribution in [-0.2, 0) is 9.53 Å². The molecule has 3 fully saturated rings. The number of carbonyl (C=O) groups excluding carboxylic acids is 1. The normalized spacial score (nSPS) is 23.0. The van der Waals surface area contributed by atoms with Crippen LogP contribution in [0, 0.1) is 5.92 Å². The number of hydrogen-bond acceptors (Lipinski definition) is 7. The molecule has 3 saturated heterocycles. The topological polar surface area (TPSA) is 71.0 Å². The van der Waals surface area contributed by atoms with Crippen molar-refractivity contribution in [3.05, 3.63) is 12.3 Å². The van der Waals surface area contributed by atoms with E-state index in [-0.39, 0.29) is 5.92 Å². The number of hydrogen-bond donors (Lipinski definition) is 0. The molecule has 1 amide bonds. The van der Waals surface area contributed by atoms with Crippen LogP contribution in [0.5, 0.6) is 5.88 Å². The molecule has 0 radical (unpaired) electrons. The van der Waals surface area contributed by atoms with Crippen LogP contribution < -0.4 is 9.64 Å². The van der Waals surface area contributed by atoms with Crippen molar-refractivity contribution in [2.75, 3.05) is 64.5 Å². The average molecular weight is 390 g/mol. The second-order valence-corrected chi connectivity index (χ2v) is 7.87. The van der Waals surface area contributed by atoms with Gasteiger partial charge < -0.3 is 24.2 Å². The molecule has 3 aliphatic rings. The van der Waals surface area contributed by atoms with Gasteiger partial charge in [-0.15, -0.1) is 0 Å². The van der Waals surface area contributed by atoms with Gasteiger partial charge in [0.05, 0.1) is 20.3 Å². The highest BCUT2D eigenvalue weighted by Gasteiger charge is 2.33. The number of nitrogens with zero attached hydrogens (tertiary/aromatic N) is 5. The highest BCUT2D eigenvalue weighted by Crippen LogP contribution is 2.26. The van der Waals surface area contributed by atoms with E-state index in [9.17, 15) is 4.79 Å². The quantitative estimate of drug-likeness (QED) is 0.761. The third-order valence-electron chi connectivity index (χ3n) is 6.29. The van der Waals surface area contributed by atoms with Crippen molar-refractivity contribution in [1.29, 1.82) is 0 Å². The third kappa shape index (κ3) is 4.38. The monoisotopic (exact) mass is 389 g/mol. The van der Waals surface area contributed by atoms with Crippen LogP contribution in [0.25, 0.3) is 0 Å². The number of morpholine rings is 1. The Labute approximate surface area is 166 Å². The Morgan fingerprint density at radius 1 is 1.07 bits per heavy atom. The number of piperidine rings is 2. The van der Waals surface area contributed by atoms with Crippen molar-refractivity contribution in [3.63, 3.8) is 0 Å². The molecule has 3 aliphatic heterocycles. The molecule has 0 N–H and O–H groups in total. The van der Waals surface area contributed by atoms with Gasteiger partial charge in [-0.25, -0.2) is 4.98 Å². The predicted octanol–water partition coefficient (Wildman–Crippen LogP) is 1.02. The number of methoxy groups -OCH3 is 1. The van der Waals surface area contributed by atoms with Crippen molar-refractivity contribution < 1.29 is 14.3 Å². The number of anilines is 1. The summed E-state index contributed by atoms with van der Waals surface area (Å²) in [5.74, 6) is 1.90. The minimum atomic E-state index is 0.194. The van der Waals surface area contributed by atoms with E-state index in [0.717, 1.165) is 70.9 Å². The van der Waals surface area contributed by atoms with Gasteiger partial charge in [-0.05, 0) is 38.8 Å². The third-order valence-corrected chi connectivity index (χ3v) is 6.29. The maximum Gasteiger partial charge on any atom is 0.228 e. The molecule has 154 valence electrons. The summed E-state index contributed by atoms with van der Waals surface area (Å²) >= 11 is 0. The highest BCUT2D eigenvalue weighted by atomic mass is 16.5. The zero-order valence-electron chi connectivity index (χ0n) is 16.8. The molecule has 8 heteroatoms.